The zero-order valence-electron chi connectivity index (χ0n) is 13.3. The van der Waals surface area contributed by atoms with Crippen LogP contribution in [0.1, 0.15) is 30.9 Å². The normalized spacial score (nSPS) is 11.4. The van der Waals surface area contributed by atoms with E-state index in [1.54, 1.807) is 7.05 Å². The lowest BCUT2D eigenvalue weighted by molar-refractivity contribution is 0.437. The lowest BCUT2D eigenvalue weighted by atomic mass is 10.0. The number of hydrogen-bond acceptors (Lipinski definition) is 4. The van der Waals surface area contributed by atoms with E-state index in [1.807, 2.05) is 19.1 Å². The number of rotatable bonds is 3. The van der Waals surface area contributed by atoms with Gasteiger partial charge in [-0.1, -0.05) is 25.4 Å². The lowest BCUT2D eigenvalue weighted by Gasteiger charge is -2.13. The molecule has 6 nitrogen and oxygen atoms in total. The Labute approximate surface area is 138 Å². The van der Waals surface area contributed by atoms with Gasteiger partial charge in [0.25, 0.3) is 5.56 Å². The number of hydrogen-bond donors (Lipinski definition) is 1. The Morgan fingerprint density at radius 1 is 1.35 bits per heavy atom. The third-order valence-electron chi connectivity index (χ3n) is 3.70. The molecule has 2 aromatic heterocycles. The van der Waals surface area contributed by atoms with Crippen molar-refractivity contribution in [2.75, 3.05) is 0 Å². The van der Waals surface area contributed by atoms with Gasteiger partial charge in [0.15, 0.2) is 5.65 Å². The molecule has 2 heterocycles. The van der Waals surface area contributed by atoms with Gasteiger partial charge in [-0.05, 0) is 36.1 Å². The average molecular weight is 333 g/mol. The molecule has 1 N–H and O–H groups in total. The van der Waals surface area contributed by atoms with Crippen molar-refractivity contribution >= 4 is 22.6 Å². The number of fused-ring (bicyclic) bond motifs is 1. The van der Waals surface area contributed by atoms with Gasteiger partial charge in [0.2, 0.25) is 0 Å². The lowest BCUT2D eigenvalue weighted by Crippen LogP contribution is -2.10. The van der Waals surface area contributed by atoms with E-state index >= 15 is 0 Å². The van der Waals surface area contributed by atoms with Crippen LogP contribution in [0.5, 0.6) is 11.8 Å². The van der Waals surface area contributed by atoms with Crippen LogP contribution in [0, 0.1) is 6.92 Å². The van der Waals surface area contributed by atoms with Crippen LogP contribution in [0.15, 0.2) is 23.1 Å². The Bertz CT molecular complexity index is 943. The van der Waals surface area contributed by atoms with Gasteiger partial charge in [0.05, 0.1) is 6.20 Å². The molecule has 23 heavy (non-hydrogen) atoms. The van der Waals surface area contributed by atoms with Crippen molar-refractivity contribution in [2.45, 2.75) is 26.7 Å². The highest BCUT2D eigenvalue weighted by molar-refractivity contribution is 6.31. The fourth-order valence-corrected chi connectivity index (χ4v) is 2.82. The number of H-pyrrole nitrogens is 1. The summed E-state index contributed by atoms with van der Waals surface area (Å²) < 4.78 is 7.34. The van der Waals surface area contributed by atoms with Gasteiger partial charge in [-0.2, -0.15) is 10.1 Å². The van der Waals surface area contributed by atoms with Crippen LogP contribution in [0.25, 0.3) is 11.0 Å². The van der Waals surface area contributed by atoms with Crippen molar-refractivity contribution in [3.8, 4) is 11.8 Å². The highest BCUT2D eigenvalue weighted by atomic mass is 35.5. The molecule has 0 saturated carbocycles. The molecule has 120 valence electrons. The van der Waals surface area contributed by atoms with Gasteiger partial charge in [-0.15, -0.1) is 0 Å². The Balaban J connectivity index is 2.07. The molecular formula is C16H17ClN4O2. The van der Waals surface area contributed by atoms with Crippen LogP contribution in [-0.4, -0.2) is 19.7 Å². The van der Waals surface area contributed by atoms with Crippen LogP contribution >= 0.6 is 11.6 Å². The number of ether oxygens (including phenoxy) is 1. The Morgan fingerprint density at radius 2 is 2.09 bits per heavy atom. The first-order chi connectivity index (χ1) is 10.9. The van der Waals surface area contributed by atoms with E-state index in [-0.39, 0.29) is 17.5 Å². The quantitative estimate of drug-likeness (QED) is 0.796. The van der Waals surface area contributed by atoms with E-state index in [4.69, 9.17) is 16.3 Å². The molecule has 0 aliphatic heterocycles. The van der Waals surface area contributed by atoms with Crippen molar-refractivity contribution in [1.29, 1.82) is 0 Å². The van der Waals surface area contributed by atoms with E-state index < -0.39 is 0 Å². The molecule has 0 atom stereocenters. The van der Waals surface area contributed by atoms with E-state index in [0.717, 1.165) is 11.1 Å². The Kier molecular flexibility index (Phi) is 3.85. The number of aromatic nitrogens is 4. The summed E-state index contributed by atoms with van der Waals surface area (Å²) in [5.41, 5.74) is 2.04. The first-order valence-corrected chi connectivity index (χ1v) is 7.64. The molecule has 0 amide bonds. The van der Waals surface area contributed by atoms with Crippen molar-refractivity contribution in [1.82, 2.24) is 19.7 Å². The molecule has 3 rings (SSSR count). The third kappa shape index (κ3) is 2.82. The third-order valence-corrected chi connectivity index (χ3v) is 4.03. The summed E-state index contributed by atoms with van der Waals surface area (Å²) in [4.78, 5) is 19.0. The molecule has 7 heteroatoms. The van der Waals surface area contributed by atoms with Crippen molar-refractivity contribution in [2.24, 2.45) is 7.05 Å². The van der Waals surface area contributed by atoms with Crippen molar-refractivity contribution in [3.05, 3.63) is 44.8 Å². The summed E-state index contributed by atoms with van der Waals surface area (Å²) in [7, 11) is 1.73. The van der Waals surface area contributed by atoms with E-state index in [9.17, 15) is 4.79 Å². The second kappa shape index (κ2) is 5.70. The molecule has 0 saturated heterocycles. The van der Waals surface area contributed by atoms with Gasteiger partial charge < -0.3 is 4.74 Å². The smallest absolute Gasteiger partial charge is 0.304 e. The summed E-state index contributed by atoms with van der Waals surface area (Å²) in [6.07, 6.45) is 1.48. The maximum absolute atomic E-state index is 12.1. The highest BCUT2D eigenvalue weighted by Gasteiger charge is 2.13. The Hall–Kier alpha value is -2.34. The van der Waals surface area contributed by atoms with E-state index in [2.05, 4.69) is 28.9 Å². The van der Waals surface area contributed by atoms with Gasteiger partial charge >= 0.3 is 6.01 Å². The molecule has 0 bridgehead atoms. The maximum atomic E-state index is 12.1. The molecule has 0 radical (unpaired) electrons. The zero-order valence-corrected chi connectivity index (χ0v) is 14.1. The summed E-state index contributed by atoms with van der Waals surface area (Å²) in [6.45, 7) is 6.01. The van der Waals surface area contributed by atoms with Crippen LogP contribution < -0.4 is 10.3 Å². The number of nitrogens with one attached hydrogen (secondary N) is 1. The Morgan fingerprint density at radius 3 is 2.78 bits per heavy atom. The van der Waals surface area contributed by atoms with Crippen LogP contribution in [0.4, 0.5) is 0 Å². The molecule has 0 aliphatic rings. The minimum absolute atomic E-state index is 0.131. The predicted molar refractivity (Wildman–Crippen MR) is 89.5 cm³/mol. The fourth-order valence-electron chi connectivity index (χ4n) is 2.39. The topological polar surface area (TPSA) is 72.8 Å². The molecule has 3 aromatic rings. The monoisotopic (exact) mass is 332 g/mol. The SMILES string of the molecule is Cc1cc(Cl)c(C(C)C)cc1Oc1nc2c(cnn2C)c(=O)[nH]1. The zero-order chi connectivity index (χ0) is 16.7. The summed E-state index contributed by atoms with van der Waals surface area (Å²) in [5, 5.41) is 5.16. The summed E-state index contributed by atoms with van der Waals surface area (Å²) in [6, 6.07) is 3.87. The molecular weight excluding hydrogens is 316 g/mol. The van der Waals surface area contributed by atoms with Crippen LogP contribution in [0.3, 0.4) is 0 Å². The molecule has 0 fully saturated rings. The van der Waals surface area contributed by atoms with Crippen LogP contribution in [0.2, 0.25) is 5.02 Å². The number of halogens is 1. The molecule has 0 aliphatic carbocycles. The van der Waals surface area contributed by atoms with Crippen LogP contribution in [-0.2, 0) is 7.05 Å². The second-order valence-electron chi connectivity index (χ2n) is 5.77. The van der Waals surface area contributed by atoms with Gasteiger partial charge in [0.1, 0.15) is 11.1 Å². The minimum Gasteiger partial charge on any atom is -0.425 e. The largest absolute Gasteiger partial charge is 0.425 e. The van der Waals surface area contributed by atoms with Gasteiger partial charge in [-0.3, -0.25) is 14.5 Å². The second-order valence-corrected chi connectivity index (χ2v) is 6.18. The van der Waals surface area contributed by atoms with Crippen molar-refractivity contribution < 1.29 is 4.74 Å². The predicted octanol–water partition coefficient (Wildman–Crippen LogP) is 3.53. The van der Waals surface area contributed by atoms with E-state index in [0.29, 0.717) is 21.8 Å². The van der Waals surface area contributed by atoms with Crippen molar-refractivity contribution in [3.63, 3.8) is 0 Å². The highest BCUT2D eigenvalue weighted by Crippen LogP contribution is 2.33. The average Bonchev–Trinajstić information content (AvgIpc) is 2.84. The first kappa shape index (κ1) is 15.6. The minimum atomic E-state index is -0.284. The number of aromatic amines is 1. The van der Waals surface area contributed by atoms with Gasteiger partial charge in [0, 0.05) is 12.1 Å². The molecule has 0 unspecified atom stereocenters. The van der Waals surface area contributed by atoms with Gasteiger partial charge in [-0.25, -0.2) is 0 Å². The maximum Gasteiger partial charge on any atom is 0.304 e. The molecule has 0 spiro atoms. The summed E-state index contributed by atoms with van der Waals surface area (Å²) in [5.74, 6) is 0.875. The van der Waals surface area contributed by atoms with E-state index in [1.165, 1.54) is 10.9 Å². The number of aryl methyl sites for hydroxylation is 2. The summed E-state index contributed by atoms with van der Waals surface area (Å²) >= 11 is 6.27. The number of nitrogens with zero attached hydrogens (tertiary/aromatic N) is 3. The first-order valence-electron chi connectivity index (χ1n) is 7.26. The molecule has 1 aromatic carbocycles. The number of benzene rings is 1. The fraction of sp³-hybridized carbons (Fsp3) is 0.312. The standard InChI is InChI=1S/C16H17ClN4O2/c1-8(2)10-6-13(9(3)5-12(10)17)23-16-19-14-11(15(22)20-16)7-18-21(14)4/h5-8H,1-4H3,(H,19,20,22).